The zero-order valence-electron chi connectivity index (χ0n) is 19.6. The smallest absolute Gasteiger partial charge is 0.260 e. The van der Waals surface area contributed by atoms with Crippen molar-refractivity contribution in [1.29, 1.82) is 0 Å². The Balaban J connectivity index is 1.14. The number of carbonyl (C=O) groups is 1. The van der Waals surface area contributed by atoms with Crippen LogP contribution in [0.15, 0.2) is 36.4 Å². The van der Waals surface area contributed by atoms with Crippen molar-refractivity contribution in [2.45, 2.75) is 32.4 Å². The lowest BCUT2D eigenvalue weighted by Gasteiger charge is -2.34. The Bertz CT molecular complexity index is 1240. The second-order valence-corrected chi connectivity index (χ2v) is 9.33. The monoisotopic (exact) mass is 484 g/mol. The van der Waals surface area contributed by atoms with Crippen molar-refractivity contribution in [3.05, 3.63) is 59.4 Å². The normalized spacial score (nSPS) is 17.2. The summed E-state index contributed by atoms with van der Waals surface area (Å²) < 4.78 is 40.1. The molecule has 35 heavy (non-hydrogen) atoms. The Morgan fingerprint density at radius 3 is 2.69 bits per heavy atom. The molecule has 2 aliphatic rings. The first-order valence-electron chi connectivity index (χ1n) is 11.5. The van der Waals surface area contributed by atoms with E-state index in [0.717, 1.165) is 24.1 Å². The molecule has 184 valence electrons. The lowest BCUT2D eigenvalue weighted by molar-refractivity contribution is -0.135. The number of para-hydroxylation sites is 1. The first-order valence-corrected chi connectivity index (χ1v) is 11.5. The maximum atomic E-state index is 13.6. The van der Waals surface area contributed by atoms with Crippen molar-refractivity contribution in [2.75, 3.05) is 32.8 Å². The highest BCUT2D eigenvalue weighted by molar-refractivity contribution is 5.78. The summed E-state index contributed by atoms with van der Waals surface area (Å²) in [5.41, 5.74) is 1.14. The number of ether oxygens (including phenoxy) is 2. The number of aromatic nitrogens is 4. The molecule has 0 radical (unpaired) electrons. The molecule has 11 heteroatoms. The quantitative estimate of drug-likeness (QED) is 0.531. The molecule has 3 aromatic rings. The van der Waals surface area contributed by atoms with Crippen molar-refractivity contribution in [3.8, 4) is 17.2 Å². The molecule has 1 saturated heterocycles. The number of amides is 1. The van der Waals surface area contributed by atoms with E-state index in [1.165, 1.54) is 10.7 Å². The molecular formula is C24H26F2N6O3. The standard InChI is InChI=1S/C24H26F2N6O3/c1-24(2)13-16-4-3-5-20(23(16)35-24)34-15-22(33)31-10-8-30(9-11-31)14-21-27-28-29-32(21)17-6-7-18(25)19(26)12-17/h3-7,12H,8-11,13-15H2,1-2H3. The molecule has 0 unspecified atom stereocenters. The number of tetrazole rings is 1. The Labute approximate surface area is 201 Å². The zero-order valence-corrected chi connectivity index (χ0v) is 19.6. The van der Waals surface area contributed by atoms with Crippen LogP contribution in [-0.4, -0.2) is 74.3 Å². The summed E-state index contributed by atoms with van der Waals surface area (Å²) in [7, 11) is 0. The van der Waals surface area contributed by atoms with Gasteiger partial charge >= 0.3 is 0 Å². The van der Waals surface area contributed by atoms with E-state index in [4.69, 9.17) is 9.47 Å². The number of carbonyl (C=O) groups excluding carboxylic acids is 1. The molecule has 2 aliphatic heterocycles. The number of nitrogens with zero attached hydrogens (tertiary/aromatic N) is 6. The van der Waals surface area contributed by atoms with Gasteiger partial charge in [0.15, 0.2) is 35.6 Å². The lowest BCUT2D eigenvalue weighted by atomic mass is 10.0. The fourth-order valence-electron chi connectivity index (χ4n) is 4.41. The van der Waals surface area contributed by atoms with Crippen LogP contribution >= 0.6 is 0 Å². The highest BCUT2D eigenvalue weighted by atomic mass is 19.2. The average Bonchev–Trinajstić information content (AvgIpc) is 3.42. The zero-order chi connectivity index (χ0) is 24.6. The van der Waals surface area contributed by atoms with Gasteiger partial charge in [-0.3, -0.25) is 9.69 Å². The fourth-order valence-corrected chi connectivity index (χ4v) is 4.41. The van der Waals surface area contributed by atoms with Crippen LogP contribution in [-0.2, 0) is 17.8 Å². The number of benzene rings is 2. The third-order valence-corrected chi connectivity index (χ3v) is 6.18. The van der Waals surface area contributed by atoms with Gasteiger partial charge in [0.2, 0.25) is 0 Å². The lowest BCUT2D eigenvalue weighted by Crippen LogP contribution is -2.49. The molecular weight excluding hydrogens is 458 g/mol. The Morgan fingerprint density at radius 1 is 1.11 bits per heavy atom. The van der Waals surface area contributed by atoms with Gasteiger partial charge in [0.05, 0.1) is 12.2 Å². The number of hydrogen-bond donors (Lipinski definition) is 0. The van der Waals surface area contributed by atoms with Gasteiger partial charge in [0.25, 0.3) is 5.91 Å². The van der Waals surface area contributed by atoms with Crippen LogP contribution in [0.2, 0.25) is 0 Å². The molecule has 2 aromatic carbocycles. The van der Waals surface area contributed by atoms with E-state index >= 15 is 0 Å². The molecule has 1 fully saturated rings. The Morgan fingerprint density at radius 2 is 1.91 bits per heavy atom. The van der Waals surface area contributed by atoms with Crippen molar-refractivity contribution in [1.82, 2.24) is 30.0 Å². The second-order valence-electron chi connectivity index (χ2n) is 9.33. The highest BCUT2D eigenvalue weighted by Crippen LogP contribution is 2.41. The average molecular weight is 485 g/mol. The Kier molecular flexibility index (Phi) is 6.10. The third kappa shape index (κ3) is 4.95. The Hall–Kier alpha value is -3.60. The van der Waals surface area contributed by atoms with E-state index in [9.17, 15) is 13.6 Å². The van der Waals surface area contributed by atoms with Gasteiger partial charge in [-0.1, -0.05) is 12.1 Å². The van der Waals surface area contributed by atoms with Gasteiger partial charge < -0.3 is 14.4 Å². The van der Waals surface area contributed by atoms with Crippen LogP contribution in [0.1, 0.15) is 25.2 Å². The van der Waals surface area contributed by atoms with Crippen LogP contribution in [0.3, 0.4) is 0 Å². The predicted molar refractivity (Wildman–Crippen MR) is 121 cm³/mol. The molecule has 3 heterocycles. The summed E-state index contributed by atoms with van der Waals surface area (Å²) in [6, 6.07) is 9.27. The summed E-state index contributed by atoms with van der Waals surface area (Å²) in [6.07, 6.45) is 0.800. The van der Waals surface area contributed by atoms with Crippen LogP contribution in [0.4, 0.5) is 8.78 Å². The fraction of sp³-hybridized carbons (Fsp3) is 0.417. The maximum Gasteiger partial charge on any atom is 0.260 e. The molecule has 1 amide bonds. The van der Waals surface area contributed by atoms with Crippen LogP contribution in [0.25, 0.3) is 5.69 Å². The van der Waals surface area contributed by atoms with Crippen LogP contribution < -0.4 is 9.47 Å². The van der Waals surface area contributed by atoms with Gasteiger partial charge in [0, 0.05) is 44.2 Å². The summed E-state index contributed by atoms with van der Waals surface area (Å²) in [4.78, 5) is 16.6. The van der Waals surface area contributed by atoms with Gasteiger partial charge in [-0.2, -0.15) is 4.68 Å². The number of hydrogen-bond acceptors (Lipinski definition) is 7. The first-order chi connectivity index (χ1) is 16.8. The van der Waals surface area contributed by atoms with Gasteiger partial charge in [-0.05, 0) is 42.5 Å². The summed E-state index contributed by atoms with van der Waals surface area (Å²) >= 11 is 0. The number of fused-ring (bicyclic) bond motifs is 1. The maximum absolute atomic E-state index is 13.6. The molecule has 0 saturated carbocycles. The van der Waals surface area contributed by atoms with Gasteiger partial charge in [-0.25, -0.2) is 8.78 Å². The predicted octanol–water partition coefficient (Wildman–Crippen LogP) is 2.38. The van der Waals surface area contributed by atoms with Crippen molar-refractivity contribution >= 4 is 5.91 Å². The van der Waals surface area contributed by atoms with E-state index in [2.05, 4.69) is 20.4 Å². The molecule has 5 rings (SSSR count). The second kappa shape index (κ2) is 9.21. The van der Waals surface area contributed by atoms with Crippen LogP contribution in [0.5, 0.6) is 11.5 Å². The van der Waals surface area contributed by atoms with Crippen molar-refractivity contribution in [3.63, 3.8) is 0 Å². The number of rotatable bonds is 6. The molecule has 0 N–H and O–H groups in total. The topological polar surface area (TPSA) is 85.6 Å². The van der Waals surface area contributed by atoms with Gasteiger partial charge in [-0.15, -0.1) is 5.10 Å². The minimum absolute atomic E-state index is 0.0609. The van der Waals surface area contributed by atoms with E-state index < -0.39 is 11.6 Å². The van der Waals surface area contributed by atoms with E-state index in [-0.39, 0.29) is 18.1 Å². The van der Waals surface area contributed by atoms with Gasteiger partial charge in [0.1, 0.15) is 5.60 Å². The molecule has 0 bridgehead atoms. The third-order valence-electron chi connectivity index (χ3n) is 6.18. The number of piperazine rings is 1. The molecule has 0 atom stereocenters. The van der Waals surface area contributed by atoms with E-state index in [1.54, 1.807) is 4.90 Å². The molecule has 1 aromatic heterocycles. The van der Waals surface area contributed by atoms with E-state index in [0.29, 0.717) is 55.7 Å². The van der Waals surface area contributed by atoms with Crippen LogP contribution in [0, 0.1) is 11.6 Å². The minimum atomic E-state index is -0.964. The van der Waals surface area contributed by atoms with Crippen molar-refractivity contribution < 1.29 is 23.0 Å². The largest absolute Gasteiger partial charge is 0.483 e. The number of halogens is 2. The van der Waals surface area contributed by atoms with Crippen molar-refractivity contribution in [2.24, 2.45) is 0 Å². The molecule has 9 nitrogen and oxygen atoms in total. The molecule has 0 spiro atoms. The highest BCUT2D eigenvalue weighted by Gasteiger charge is 2.32. The van der Waals surface area contributed by atoms with E-state index in [1.807, 2.05) is 32.0 Å². The summed E-state index contributed by atoms with van der Waals surface area (Å²) in [5.74, 6) is -0.181. The first kappa shape index (κ1) is 23.2. The minimum Gasteiger partial charge on any atom is -0.483 e. The summed E-state index contributed by atoms with van der Waals surface area (Å²) in [5, 5.41) is 11.6. The SMILES string of the molecule is CC1(C)Cc2cccc(OCC(=O)N3CCN(Cc4nnnn4-c4ccc(F)c(F)c4)CC3)c2O1. The summed E-state index contributed by atoms with van der Waals surface area (Å²) in [6.45, 7) is 6.71. The molecule has 0 aliphatic carbocycles.